The molecule has 1 saturated heterocycles. The monoisotopic (exact) mass is 372 g/mol. The van der Waals surface area contributed by atoms with Crippen molar-refractivity contribution in [2.75, 3.05) is 26.7 Å². The van der Waals surface area contributed by atoms with Crippen LogP contribution in [0.3, 0.4) is 0 Å². The second-order valence-electron chi connectivity index (χ2n) is 7.76. The number of piperidine rings is 1. The molecule has 0 bridgehead atoms. The van der Waals surface area contributed by atoms with Crippen LogP contribution in [0.1, 0.15) is 49.1 Å². The summed E-state index contributed by atoms with van der Waals surface area (Å²) >= 11 is 0. The predicted octanol–water partition coefficient (Wildman–Crippen LogP) is 2.28. The Morgan fingerprint density at radius 2 is 1.96 bits per heavy atom. The molecule has 2 amide bonds. The minimum Gasteiger partial charge on any atom is -0.481 e. The average Bonchev–Trinajstić information content (AvgIpc) is 2.68. The lowest BCUT2D eigenvalue weighted by Crippen LogP contribution is -2.47. The molecule has 2 aliphatic rings. The van der Waals surface area contributed by atoms with Crippen LogP contribution in [-0.2, 0) is 20.8 Å². The SMILES string of the molecule is CN(CC(=O)N1CCCC(C(=O)O)C1)C(=O)CC1CCCc2ccccc21. The number of hydrogen-bond acceptors (Lipinski definition) is 3. The maximum Gasteiger partial charge on any atom is 0.308 e. The number of aryl methyl sites for hydroxylation is 1. The number of benzene rings is 1. The largest absolute Gasteiger partial charge is 0.481 e. The van der Waals surface area contributed by atoms with E-state index in [0.717, 1.165) is 19.3 Å². The molecule has 6 nitrogen and oxygen atoms in total. The number of nitrogens with zero attached hydrogens (tertiary/aromatic N) is 2. The fraction of sp³-hybridized carbons (Fsp3) is 0.571. The van der Waals surface area contributed by atoms with Crippen LogP contribution in [0.2, 0.25) is 0 Å². The van der Waals surface area contributed by atoms with Crippen LogP contribution in [0.4, 0.5) is 0 Å². The van der Waals surface area contributed by atoms with Crippen LogP contribution in [-0.4, -0.2) is 59.4 Å². The predicted molar refractivity (Wildman–Crippen MR) is 101 cm³/mol. The van der Waals surface area contributed by atoms with E-state index in [4.69, 9.17) is 5.11 Å². The number of rotatable bonds is 5. The first-order valence-electron chi connectivity index (χ1n) is 9.78. The van der Waals surface area contributed by atoms with Gasteiger partial charge in [0.1, 0.15) is 0 Å². The zero-order chi connectivity index (χ0) is 19.4. The van der Waals surface area contributed by atoms with Crippen molar-refractivity contribution in [1.82, 2.24) is 9.80 Å². The van der Waals surface area contributed by atoms with Gasteiger partial charge in [0.25, 0.3) is 0 Å². The van der Waals surface area contributed by atoms with Crippen molar-refractivity contribution in [3.63, 3.8) is 0 Å². The van der Waals surface area contributed by atoms with Gasteiger partial charge in [-0.25, -0.2) is 0 Å². The lowest BCUT2D eigenvalue weighted by Gasteiger charge is -2.32. The number of likely N-dealkylation sites (N-methyl/N-ethyl adjacent to an activating group) is 1. The summed E-state index contributed by atoms with van der Waals surface area (Å²) in [6.45, 7) is 0.826. The molecule has 0 saturated carbocycles. The van der Waals surface area contributed by atoms with Crippen LogP contribution in [0, 0.1) is 5.92 Å². The second kappa shape index (κ2) is 8.55. The molecule has 0 radical (unpaired) electrons. The molecule has 1 heterocycles. The molecule has 1 aliphatic carbocycles. The number of carboxylic acids is 1. The number of aliphatic carboxylic acids is 1. The summed E-state index contributed by atoms with van der Waals surface area (Å²) in [6, 6.07) is 8.30. The van der Waals surface area contributed by atoms with Gasteiger partial charge in [0.2, 0.25) is 11.8 Å². The number of hydrogen-bond donors (Lipinski definition) is 1. The van der Waals surface area contributed by atoms with Crippen LogP contribution < -0.4 is 0 Å². The van der Waals surface area contributed by atoms with Gasteiger partial charge in [-0.05, 0) is 49.1 Å². The molecule has 6 heteroatoms. The molecule has 2 unspecified atom stereocenters. The minimum absolute atomic E-state index is 0.0134. The van der Waals surface area contributed by atoms with Gasteiger partial charge >= 0.3 is 5.97 Å². The molecule has 146 valence electrons. The maximum atomic E-state index is 12.7. The van der Waals surface area contributed by atoms with Gasteiger partial charge in [0.05, 0.1) is 12.5 Å². The quantitative estimate of drug-likeness (QED) is 0.860. The van der Waals surface area contributed by atoms with E-state index in [9.17, 15) is 14.4 Å². The lowest BCUT2D eigenvalue weighted by molar-refractivity contribution is -0.147. The Kier molecular flexibility index (Phi) is 6.14. The Balaban J connectivity index is 1.55. The zero-order valence-electron chi connectivity index (χ0n) is 15.9. The average molecular weight is 372 g/mol. The van der Waals surface area contributed by atoms with Gasteiger partial charge in [-0.3, -0.25) is 14.4 Å². The van der Waals surface area contributed by atoms with Gasteiger partial charge < -0.3 is 14.9 Å². The van der Waals surface area contributed by atoms with E-state index in [1.54, 1.807) is 11.9 Å². The number of fused-ring (bicyclic) bond motifs is 1. The number of carbonyl (C=O) groups excluding carboxylic acids is 2. The molecule has 1 N–H and O–H groups in total. The van der Waals surface area contributed by atoms with Crippen LogP contribution >= 0.6 is 0 Å². The number of amides is 2. The van der Waals surface area contributed by atoms with E-state index in [-0.39, 0.29) is 30.8 Å². The highest BCUT2D eigenvalue weighted by Crippen LogP contribution is 2.34. The smallest absolute Gasteiger partial charge is 0.308 e. The van der Waals surface area contributed by atoms with Crippen molar-refractivity contribution in [2.24, 2.45) is 5.92 Å². The molecular formula is C21H28N2O4. The molecule has 1 aromatic rings. The summed E-state index contributed by atoms with van der Waals surface area (Å²) in [6.07, 6.45) is 4.86. The van der Waals surface area contributed by atoms with Gasteiger partial charge in [0.15, 0.2) is 0 Å². The van der Waals surface area contributed by atoms with Gasteiger partial charge in [-0.1, -0.05) is 24.3 Å². The molecule has 2 atom stereocenters. The van der Waals surface area contributed by atoms with E-state index >= 15 is 0 Å². The number of likely N-dealkylation sites (tertiary alicyclic amines) is 1. The summed E-state index contributed by atoms with van der Waals surface area (Å²) in [7, 11) is 1.66. The summed E-state index contributed by atoms with van der Waals surface area (Å²) in [5.41, 5.74) is 2.59. The van der Waals surface area contributed by atoms with Crippen molar-refractivity contribution in [3.8, 4) is 0 Å². The topological polar surface area (TPSA) is 77.9 Å². The van der Waals surface area contributed by atoms with Crippen molar-refractivity contribution in [2.45, 2.75) is 44.4 Å². The highest BCUT2D eigenvalue weighted by Gasteiger charge is 2.30. The van der Waals surface area contributed by atoms with Crippen molar-refractivity contribution in [1.29, 1.82) is 0 Å². The summed E-state index contributed by atoms with van der Waals surface area (Å²) < 4.78 is 0. The highest BCUT2D eigenvalue weighted by atomic mass is 16.4. The first-order valence-corrected chi connectivity index (χ1v) is 9.78. The van der Waals surface area contributed by atoms with E-state index in [2.05, 4.69) is 12.1 Å². The Hall–Kier alpha value is -2.37. The molecule has 1 fully saturated rings. The summed E-state index contributed by atoms with van der Waals surface area (Å²) in [5, 5.41) is 9.17. The molecule has 0 aromatic heterocycles. The molecule has 3 rings (SSSR count). The number of carbonyl (C=O) groups is 3. The third-order valence-corrected chi connectivity index (χ3v) is 5.84. The van der Waals surface area contributed by atoms with Crippen molar-refractivity contribution >= 4 is 17.8 Å². The van der Waals surface area contributed by atoms with E-state index in [1.165, 1.54) is 16.0 Å². The van der Waals surface area contributed by atoms with E-state index < -0.39 is 11.9 Å². The van der Waals surface area contributed by atoms with Gasteiger partial charge in [0, 0.05) is 26.6 Å². The van der Waals surface area contributed by atoms with Crippen molar-refractivity contribution in [3.05, 3.63) is 35.4 Å². The van der Waals surface area contributed by atoms with Crippen molar-refractivity contribution < 1.29 is 19.5 Å². The first-order chi connectivity index (χ1) is 13.0. The van der Waals surface area contributed by atoms with Crippen LogP contribution in [0.5, 0.6) is 0 Å². The standard InChI is InChI=1S/C21H28N2O4/c1-22(14-20(25)23-11-5-9-17(13-23)21(26)27)19(24)12-16-8-4-7-15-6-2-3-10-18(15)16/h2-3,6,10,16-17H,4-5,7-9,11-14H2,1H3,(H,26,27). The Morgan fingerprint density at radius 3 is 2.74 bits per heavy atom. The Labute approximate surface area is 160 Å². The van der Waals surface area contributed by atoms with Gasteiger partial charge in [-0.2, -0.15) is 0 Å². The fourth-order valence-corrected chi connectivity index (χ4v) is 4.23. The van der Waals surface area contributed by atoms with E-state index in [0.29, 0.717) is 25.8 Å². The molecule has 1 aliphatic heterocycles. The van der Waals surface area contributed by atoms with Crippen LogP contribution in [0.15, 0.2) is 24.3 Å². The maximum absolute atomic E-state index is 12.7. The summed E-state index contributed by atoms with van der Waals surface area (Å²) in [5.74, 6) is -1.33. The molecule has 0 spiro atoms. The third-order valence-electron chi connectivity index (χ3n) is 5.84. The zero-order valence-corrected chi connectivity index (χ0v) is 15.9. The fourth-order valence-electron chi connectivity index (χ4n) is 4.23. The summed E-state index contributed by atoms with van der Waals surface area (Å²) in [4.78, 5) is 39.4. The normalized spacial score (nSPS) is 22.0. The second-order valence-corrected chi connectivity index (χ2v) is 7.76. The first kappa shape index (κ1) is 19.4. The number of carboxylic acid groups (broad SMARTS) is 1. The third kappa shape index (κ3) is 4.67. The lowest BCUT2D eigenvalue weighted by atomic mass is 9.81. The van der Waals surface area contributed by atoms with Gasteiger partial charge in [-0.15, -0.1) is 0 Å². The molecular weight excluding hydrogens is 344 g/mol. The minimum atomic E-state index is -0.854. The Morgan fingerprint density at radius 1 is 1.19 bits per heavy atom. The van der Waals surface area contributed by atoms with E-state index in [1.807, 2.05) is 12.1 Å². The molecule has 27 heavy (non-hydrogen) atoms. The highest BCUT2D eigenvalue weighted by molar-refractivity contribution is 5.85. The molecule has 1 aromatic carbocycles. The Bertz CT molecular complexity index is 718. The van der Waals surface area contributed by atoms with Crippen LogP contribution in [0.25, 0.3) is 0 Å².